The molecule has 5 rings (SSSR count). The summed E-state index contributed by atoms with van der Waals surface area (Å²) < 4.78 is 11.1. The minimum atomic E-state index is -0.270. The topological polar surface area (TPSA) is 55.8 Å². The van der Waals surface area contributed by atoms with Crippen LogP contribution in [0.25, 0.3) is 6.08 Å². The second-order valence-electron chi connectivity index (χ2n) is 14.8. The van der Waals surface area contributed by atoms with Crippen LogP contribution in [0.4, 0.5) is 0 Å². The zero-order chi connectivity index (χ0) is 28.5. The number of carbonyl (C=O) groups excluding carboxylic acids is 1. The first kappa shape index (κ1) is 29.5. The van der Waals surface area contributed by atoms with Crippen LogP contribution in [0.5, 0.6) is 11.5 Å². The second kappa shape index (κ2) is 12.1. The highest BCUT2D eigenvalue weighted by atomic mass is 16.5. The molecule has 0 heterocycles. The molecule has 4 heteroatoms. The van der Waals surface area contributed by atoms with E-state index in [2.05, 4.69) is 27.7 Å². The second-order valence-corrected chi connectivity index (χ2v) is 14.8. The number of benzene rings is 1. The van der Waals surface area contributed by atoms with Crippen molar-refractivity contribution in [2.24, 2.45) is 46.3 Å². The molecule has 1 aromatic carbocycles. The van der Waals surface area contributed by atoms with Gasteiger partial charge in [-0.05, 0) is 134 Å². The largest absolute Gasteiger partial charge is 0.504 e. The zero-order valence-electron chi connectivity index (χ0n) is 25.8. The lowest BCUT2D eigenvalue weighted by Crippen LogP contribution is -2.54. The van der Waals surface area contributed by atoms with Crippen molar-refractivity contribution in [1.29, 1.82) is 0 Å². The molecule has 0 amide bonds. The molecular formula is C36H54O4. The van der Waals surface area contributed by atoms with Crippen molar-refractivity contribution in [2.45, 2.75) is 117 Å². The van der Waals surface area contributed by atoms with Crippen LogP contribution in [-0.2, 0) is 9.53 Å². The summed E-state index contributed by atoms with van der Waals surface area (Å²) >= 11 is 0. The average Bonchev–Trinajstić information content (AvgIpc) is 3.27. The Kier molecular flexibility index (Phi) is 8.93. The first-order valence-corrected chi connectivity index (χ1v) is 16.4. The van der Waals surface area contributed by atoms with Gasteiger partial charge in [0.25, 0.3) is 0 Å². The standard InChI is InChI=1S/C36H54O4/c1-24(2)8-6-7-9-26-13-15-30-29-14-12-27-23-28(18-20-36(27,4)31(29)19-21-35(26,30)3)40-34(38)17-11-25-10-16-32(37)33(22-25)39-5/h10-11,16-17,22,24,26-31,37H,6-9,12-15,18-21,23H2,1-5H3/b17-11+. The van der Waals surface area contributed by atoms with E-state index in [-0.39, 0.29) is 17.8 Å². The monoisotopic (exact) mass is 550 g/mol. The normalized spacial score (nSPS) is 37.1. The molecule has 222 valence electrons. The van der Waals surface area contributed by atoms with Crippen molar-refractivity contribution >= 4 is 12.0 Å². The van der Waals surface area contributed by atoms with Crippen molar-refractivity contribution in [1.82, 2.24) is 0 Å². The number of hydrogen-bond acceptors (Lipinski definition) is 4. The smallest absolute Gasteiger partial charge is 0.331 e. The Balaban J connectivity index is 1.16. The lowest BCUT2D eigenvalue weighted by Gasteiger charge is -2.61. The number of hydrogen-bond donors (Lipinski definition) is 1. The van der Waals surface area contributed by atoms with E-state index in [1.165, 1.54) is 83.8 Å². The van der Waals surface area contributed by atoms with E-state index in [1.54, 1.807) is 24.3 Å². The van der Waals surface area contributed by atoms with Crippen molar-refractivity contribution in [3.8, 4) is 11.5 Å². The summed E-state index contributed by atoms with van der Waals surface area (Å²) in [4.78, 5) is 12.7. The molecule has 1 aromatic rings. The Morgan fingerprint density at radius 3 is 2.58 bits per heavy atom. The number of fused-ring (bicyclic) bond motifs is 5. The predicted molar refractivity (Wildman–Crippen MR) is 162 cm³/mol. The predicted octanol–water partition coefficient (Wildman–Crippen LogP) is 9.20. The van der Waals surface area contributed by atoms with Crippen LogP contribution >= 0.6 is 0 Å². The number of phenolic OH excluding ortho intramolecular Hbond substituents is 1. The van der Waals surface area contributed by atoms with Crippen molar-refractivity contribution in [3.63, 3.8) is 0 Å². The minimum Gasteiger partial charge on any atom is -0.504 e. The molecule has 0 aromatic heterocycles. The van der Waals surface area contributed by atoms with Crippen molar-refractivity contribution < 1.29 is 19.4 Å². The van der Waals surface area contributed by atoms with Crippen molar-refractivity contribution in [2.75, 3.05) is 7.11 Å². The number of aromatic hydroxyl groups is 1. The Labute approximate surface area is 243 Å². The summed E-state index contributed by atoms with van der Waals surface area (Å²) in [7, 11) is 1.52. The molecule has 0 aliphatic heterocycles. The van der Waals surface area contributed by atoms with Gasteiger partial charge in [0.15, 0.2) is 11.5 Å². The summed E-state index contributed by atoms with van der Waals surface area (Å²) in [6.07, 6.45) is 20.6. The van der Waals surface area contributed by atoms with Gasteiger partial charge in [0.1, 0.15) is 6.10 Å². The third-order valence-electron chi connectivity index (χ3n) is 12.3. The van der Waals surface area contributed by atoms with Gasteiger partial charge >= 0.3 is 5.97 Å². The van der Waals surface area contributed by atoms with Crippen LogP contribution in [0, 0.1) is 46.3 Å². The molecule has 0 saturated heterocycles. The lowest BCUT2D eigenvalue weighted by molar-refractivity contribution is -0.157. The number of phenols is 1. The molecule has 8 atom stereocenters. The molecule has 8 unspecified atom stereocenters. The molecule has 4 fully saturated rings. The fraction of sp³-hybridized carbons (Fsp3) is 0.750. The molecule has 0 spiro atoms. The number of rotatable bonds is 9. The Morgan fingerprint density at radius 1 is 1.02 bits per heavy atom. The summed E-state index contributed by atoms with van der Waals surface area (Å²) in [5, 5.41) is 9.80. The van der Waals surface area contributed by atoms with Gasteiger partial charge in [-0.25, -0.2) is 4.79 Å². The summed E-state index contributed by atoms with van der Waals surface area (Å²) in [5.74, 6) is 5.36. The van der Waals surface area contributed by atoms with Gasteiger partial charge in [0, 0.05) is 6.08 Å². The summed E-state index contributed by atoms with van der Waals surface area (Å²) in [5.41, 5.74) is 1.78. The molecule has 1 N–H and O–H groups in total. The van der Waals surface area contributed by atoms with Gasteiger partial charge in [-0.2, -0.15) is 0 Å². The van der Waals surface area contributed by atoms with Crippen LogP contribution in [-0.4, -0.2) is 24.3 Å². The summed E-state index contributed by atoms with van der Waals surface area (Å²) in [6, 6.07) is 5.06. The first-order valence-electron chi connectivity index (χ1n) is 16.4. The fourth-order valence-corrected chi connectivity index (χ4v) is 10.0. The van der Waals surface area contributed by atoms with Crippen LogP contribution in [0.3, 0.4) is 0 Å². The van der Waals surface area contributed by atoms with Gasteiger partial charge < -0.3 is 14.6 Å². The molecule has 0 bridgehead atoms. The maximum atomic E-state index is 12.7. The van der Waals surface area contributed by atoms with E-state index in [4.69, 9.17) is 9.47 Å². The number of carbonyl (C=O) groups is 1. The lowest BCUT2D eigenvalue weighted by atomic mass is 9.44. The van der Waals surface area contributed by atoms with Crippen LogP contribution in [0.15, 0.2) is 24.3 Å². The van der Waals surface area contributed by atoms with E-state index >= 15 is 0 Å². The average molecular weight is 551 g/mol. The SMILES string of the molecule is COc1cc(/C=C/C(=O)OC2CCC3(C)C(CCC4C5CCC(CCCCC(C)C)C5(C)CCC43)C2)ccc1O. The van der Waals surface area contributed by atoms with Gasteiger partial charge in [0.2, 0.25) is 0 Å². The molecular weight excluding hydrogens is 496 g/mol. The Bertz CT molecular complexity index is 1060. The number of esters is 1. The fourth-order valence-electron chi connectivity index (χ4n) is 10.0. The molecule has 40 heavy (non-hydrogen) atoms. The number of ether oxygens (including phenoxy) is 2. The highest BCUT2D eigenvalue weighted by Crippen LogP contribution is 2.68. The highest BCUT2D eigenvalue weighted by Gasteiger charge is 2.60. The third-order valence-corrected chi connectivity index (χ3v) is 12.3. The van der Waals surface area contributed by atoms with Gasteiger partial charge in [0.05, 0.1) is 7.11 Å². The molecule has 4 saturated carbocycles. The quantitative estimate of drug-likeness (QED) is 0.189. The van der Waals surface area contributed by atoms with E-state index in [0.29, 0.717) is 22.5 Å². The highest BCUT2D eigenvalue weighted by molar-refractivity contribution is 5.87. The van der Waals surface area contributed by atoms with Crippen LogP contribution in [0.1, 0.15) is 117 Å². The van der Waals surface area contributed by atoms with E-state index < -0.39 is 0 Å². The van der Waals surface area contributed by atoms with Crippen LogP contribution in [0.2, 0.25) is 0 Å². The number of methoxy groups -OCH3 is 1. The Hall–Kier alpha value is -1.97. The zero-order valence-corrected chi connectivity index (χ0v) is 25.8. The number of unbranched alkanes of at least 4 members (excludes halogenated alkanes) is 1. The van der Waals surface area contributed by atoms with Gasteiger partial charge in [-0.1, -0.05) is 53.0 Å². The minimum absolute atomic E-state index is 0.0247. The third kappa shape index (κ3) is 5.84. The van der Waals surface area contributed by atoms with Crippen molar-refractivity contribution in [3.05, 3.63) is 29.8 Å². The maximum Gasteiger partial charge on any atom is 0.331 e. The molecule has 4 nitrogen and oxygen atoms in total. The Morgan fingerprint density at radius 2 is 1.80 bits per heavy atom. The molecule has 4 aliphatic carbocycles. The van der Waals surface area contributed by atoms with E-state index in [0.717, 1.165) is 48.0 Å². The summed E-state index contributed by atoms with van der Waals surface area (Å²) in [6.45, 7) is 10.0. The molecule has 4 aliphatic rings. The first-order chi connectivity index (χ1) is 19.1. The molecule has 0 radical (unpaired) electrons. The van der Waals surface area contributed by atoms with E-state index in [9.17, 15) is 9.90 Å². The van der Waals surface area contributed by atoms with Crippen LogP contribution < -0.4 is 4.74 Å². The van der Waals surface area contributed by atoms with Gasteiger partial charge in [-0.15, -0.1) is 0 Å². The van der Waals surface area contributed by atoms with Gasteiger partial charge in [-0.3, -0.25) is 0 Å². The van der Waals surface area contributed by atoms with E-state index in [1.807, 2.05) is 0 Å². The maximum absolute atomic E-state index is 12.7.